The maximum absolute atomic E-state index is 13.3. The molecular weight excluding hydrogens is 815 g/mol. The van der Waals surface area contributed by atoms with E-state index in [9.17, 15) is 33.9 Å². The van der Waals surface area contributed by atoms with Crippen LogP contribution in [0.2, 0.25) is 0 Å². The zero-order valence-corrected chi connectivity index (χ0v) is 34.4. The quantitative estimate of drug-likeness (QED) is 0.0570. The largest absolute Gasteiger partial charge is 0.483 e. The number of aliphatic hydroxyl groups excluding tert-OH is 1. The normalized spacial score (nSPS) is 17.7. The third-order valence-electron chi connectivity index (χ3n) is 10.9. The number of nitrogens with one attached hydrogen (secondary N) is 4. The number of benzene rings is 2. The minimum absolute atomic E-state index is 0.00855. The third kappa shape index (κ3) is 10.5. The van der Waals surface area contributed by atoms with Crippen molar-refractivity contribution in [1.82, 2.24) is 35.8 Å². The van der Waals surface area contributed by atoms with E-state index in [4.69, 9.17) is 20.9 Å². The molecule has 9 N–H and O–H groups in total. The van der Waals surface area contributed by atoms with Crippen molar-refractivity contribution in [1.29, 1.82) is 0 Å². The van der Waals surface area contributed by atoms with Crippen LogP contribution in [0.3, 0.4) is 0 Å². The lowest BCUT2D eigenvalue weighted by Gasteiger charge is -2.31. The van der Waals surface area contributed by atoms with Crippen LogP contribution in [0.15, 0.2) is 67.1 Å². The number of carbonyl (C=O) groups is 6. The second kappa shape index (κ2) is 20.2. The van der Waals surface area contributed by atoms with Gasteiger partial charge < -0.3 is 52.2 Å². The summed E-state index contributed by atoms with van der Waals surface area (Å²) in [5.41, 5.74) is 15.7. The molecule has 63 heavy (non-hydrogen) atoms. The number of nitrogens with zero attached hydrogens (tertiary/aromatic N) is 5. The minimum Gasteiger partial charge on any atom is -0.483 e. The summed E-state index contributed by atoms with van der Waals surface area (Å²) in [6.07, 6.45) is 6.07. The van der Waals surface area contributed by atoms with Crippen LogP contribution in [0.1, 0.15) is 68.9 Å². The Kier molecular flexibility index (Phi) is 14.1. The number of nitrogen functional groups attached to an aromatic ring is 1. The van der Waals surface area contributed by atoms with Gasteiger partial charge >= 0.3 is 0 Å². The molecule has 0 bridgehead atoms. The number of pyridine rings is 1. The molecule has 7 rings (SSSR count). The van der Waals surface area contributed by atoms with Crippen LogP contribution in [-0.2, 0) is 25.5 Å². The highest BCUT2D eigenvalue weighted by Gasteiger charge is 2.46. The molecule has 3 unspecified atom stereocenters. The van der Waals surface area contributed by atoms with Crippen molar-refractivity contribution in [2.24, 2.45) is 5.73 Å². The summed E-state index contributed by atoms with van der Waals surface area (Å²) in [4.78, 5) is 93.2. The zero-order valence-electron chi connectivity index (χ0n) is 34.4. The van der Waals surface area contributed by atoms with Crippen molar-refractivity contribution in [3.8, 4) is 17.0 Å². The molecule has 3 aliphatic heterocycles. The van der Waals surface area contributed by atoms with Crippen molar-refractivity contribution in [2.75, 3.05) is 62.0 Å². The molecule has 330 valence electrons. The summed E-state index contributed by atoms with van der Waals surface area (Å²) < 4.78 is 11.1. The van der Waals surface area contributed by atoms with Gasteiger partial charge in [0.1, 0.15) is 18.0 Å². The number of morpholine rings is 1. The van der Waals surface area contributed by atoms with Crippen LogP contribution < -0.4 is 42.4 Å². The highest BCUT2D eigenvalue weighted by molar-refractivity contribution is 6.24. The number of nitrogens with two attached hydrogens (primary N) is 2. The Morgan fingerprint density at radius 3 is 2.54 bits per heavy atom. The molecule has 20 nitrogen and oxygen atoms in total. The number of hydrogen-bond acceptors (Lipinski definition) is 15. The molecule has 0 saturated carbocycles. The van der Waals surface area contributed by atoms with E-state index in [-0.39, 0.29) is 47.1 Å². The first kappa shape index (κ1) is 44.0. The first-order chi connectivity index (χ1) is 30.5. The monoisotopic (exact) mass is 863 g/mol. The molecule has 0 spiro atoms. The first-order valence-electron chi connectivity index (χ1n) is 20.7. The van der Waals surface area contributed by atoms with Crippen LogP contribution in [0, 0.1) is 0 Å². The van der Waals surface area contributed by atoms with Gasteiger partial charge in [-0.05, 0) is 62.3 Å². The second-order valence-electron chi connectivity index (χ2n) is 15.2. The van der Waals surface area contributed by atoms with Crippen molar-refractivity contribution in [3.05, 3.63) is 89.5 Å². The van der Waals surface area contributed by atoms with Crippen molar-refractivity contribution in [2.45, 2.75) is 56.8 Å². The Morgan fingerprint density at radius 2 is 1.76 bits per heavy atom. The molecule has 0 aliphatic carbocycles. The lowest BCUT2D eigenvalue weighted by atomic mass is 10.0. The average molecular weight is 864 g/mol. The van der Waals surface area contributed by atoms with E-state index in [1.807, 2.05) is 30.3 Å². The number of ether oxygens (including phenoxy) is 2. The SMILES string of the molecule is Nc1ncc(-c2ccc(CCNC(=O)C(N)CCCCNC(=O)COc3cccc4c3C(=O)N(C3CCC(O)NC3=O)C4=O)cc2)nc1C(=O)Nc1cnccc1N1CCOCC1. The van der Waals surface area contributed by atoms with Gasteiger partial charge in [-0.2, -0.15) is 0 Å². The number of anilines is 3. The maximum atomic E-state index is 13.3. The lowest BCUT2D eigenvalue weighted by molar-refractivity contribution is -0.131. The zero-order chi connectivity index (χ0) is 44.5. The fraction of sp³-hybridized carbons (Fsp3) is 0.372. The van der Waals surface area contributed by atoms with Gasteiger partial charge in [0.15, 0.2) is 18.1 Å². The molecular formula is C43H49N11O9. The molecule has 20 heteroatoms. The van der Waals surface area contributed by atoms with Gasteiger partial charge in [-0.15, -0.1) is 0 Å². The van der Waals surface area contributed by atoms with Crippen LogP contribution >= 0.6 is 0 Å². The first-order valence-corrected chi connectivity index (χ1v) is 20.7. The number of unbranched alkanes of at least 4 members (excludes halogenated alkanes) is 1. The van der Waals surface area contributed by atoms with Gasteiger partial charge in [0.05, 0.1) is 59.8 Å². The summed E-state index contributed by atoms with van der Waals surface area (Å²) in [7, 11) is 0. The summed E-state index contributed by atoms with van der Waals surface area (Å²) in [6, 6.07) is 12.0. The Bertz CT molecular complexity index is 2360. The molecule has 2 aromatic heterocycles. The molecule has 2 aromatic carbocycles. The van der Waals surface area contributed by atoms with Crippen LogP contribution in [0.4, 0.5) is 17.2 Å². The Hall–Kier alpha value is -7.03. The van der Waals surface area contributed by atoms with Gasteiger partial charge in [-0.25, -0.2) is 9.97 Å². The third-order valence-corrected chi connectivity index (χ3v) is 10.9. The van der Waals surface area contributed by atoms with Gasteiger partial charge in [0.25, 0.3) is 23.6 Å². The number of fused-ring (bicyclic) bond motifs is 1. The molecule has 2 fully saturated rings. The predicted molar refractivity (Wildman–Crippen MR) is 228 cm³/mol. The van der Waals surface area contributed by atoms with Gasteiger partial charge in [-0.3, -0.25) is 38.7 Å². The van der Waals surface area contributed by atoms with E-state index in [0.29, 0.717) is 76.5 Å². The second-order valence-corrected chi connectivity index (χ2v) is 15.2. The van der Waals surface area contributed by atoms with Crippen molar-refractivity contribution >= 4 is 52.6 Å². The van der Waals surface area contributed by atoms with Crippen molar-refractivity contribution < 1.29 is 43.3 Å². The molecule has 3 atom stereocenters. The van der Waals surface area contributed by atoms with E-state index >= 15 is 0 Å². The fourth-order valence-electron chi connectivity index (χ4n) is 7.50. The Morgan fingerprint density at radius 1 is 0.968 bits per heavy atom. The number of amides is 6. The summed E-state index contributed by atoms with van der Waals surface area (Å²) in [5.74, 6) is -3.20. The summed E-state index contributed by atoms with van der Waals surface area (Å²) >= 11 is 0. The number of piperidine rings is 1. The molecule has 5 heterocycles. The van der Waals surface area contributed by atoms with Gasteiger partial charge in [0.2, 0.25) is 11.8 Å². The summed E-state index contributed by atoms with van der Waals surface area (Å²) in [6.45, 7) is 2.78. The number of rotatable bonds is 17. The topological polar surface area (TPSA) is 286 Å². The van der Waals surface area contributed by atoms with Crippen LogP contribution in [-0.4, -0.2) is 125 Å². The van der Waals surface area contributed by atoms with E-state index in [1.165, 1.54) is 24.4 Å². The molecule has 6 amide bonds. The van der Waals surface area contributed by atoms with Crippen LogP contribution in [0.25, 0.3) is 11.3 Å². The average Bonchev–Trinajstić information content (AvgIpc) is 3.54. The smallest absolute Gasteiger partial charge is 0.278 e. The number of carbonyl (C=O) groups excluding carboxylic acids is 6. The number of hydrogen-bond donors (Lipinski definition) is 7. The number of aromatic nitrogens is 3. The van der Waals surface area contributed by atoms with Gasteiger partial charge in [0, 0.05) is 37.9 Å². The fourth-order valence-corrected chi connectivity index (χ4v) is 7.50. The molecule has 0 radical (unpaired) electrons. The van der Waals surface area contributed by atoms with Crippen molar-refractivity contribution in [3.63, 3.8) is 0 Å². The van der Waals surface area contributed by atoms with E-state index in [2.05, 4.69) is 41.1 Å². The van der Waals surface area contributed by atoms with E-state index in [0.717, 1.165) is 21.7 Å². The number of imide groups is 1. The Balaban J connectivity index is 0.800. The predicted octanol–water partition coefficient (Wildman–Crippen LogP) is 0.754. The van der Waals surface area contributed by atoms with Gasteiger partial charge in [-0.1, -0.05) is 30.3 Å². The molecule has 4 aromatic rings. The molecule has 3 aliphatic rings. The van der Waals surface area contributed by atoms with Crippen LogP contribution in [0.5, 0.6) is 5.75 Å². The highest BCUT2D eigenvalue weighted by atomic mass is 16.5. The van der Waals surface area contributed by atoms with E-state index < -0.39 is 54.5 Å². The highest BCUT2D eigenvalue weighted by Crippen LogP contribution is 2.34. The number of aliphatic hydroxyl groups is 1. The Labute approximate surface area is 362 Å². The standard InChI is InChI=1S/C43H49N11O9/c44-28(5-1-2-15-47-35(56)24-63-33-6-3-4-27-36(33)43(61)54(42(27)60)32-11-12-34(55)52-40(32)58)39(57)48-17-13-25-7-9-26(10-8-25)29-23-49-38(45)37(50-29)41(59)51-30-22-46-16-14-31(30)53-18-20-62-21-19-53/h3-4,6-10,14,16,22-23,28,32,34,55H,1-2,5,11-13,15,17-21,24,44H2,(H2,45,49)(H,47,56)(H,48,57)(H,51,59)(H,52,58). The summed E-state index contributed by atoms with van der Waals surface area (Å²) in [5, 5.41) is 20.5. The minimum atomic E-state index is -1.06. The molecule has 2 saturated heterocycles. The maximum Gasteiger partial charge on any atom is 0.278 e. The van der Waals surface area contributed by atoms with E-state index in [1.54, 1.807) is 12.4 Å². The lowest BCUT2D eigenvalue weighted by Crippen LogP contribution is -2.55.